The van der Waals surface area contributed by atoms with Gasteiger partial charge in [-0.1, -0.05) is 30.3 Å². The summed E-state index contributed by atoms with van der Waals surface area (Å²) in [4.78, 5) is 28.9. The lowest BCUT2D eigenvalue weighted by molar-refractivity contribution is -0.509. The van der Waals surface area contributed by atoms with Crippen LogP contribution in [-0.2, 0) is 4.79 Å². The van der Waals surface area contributed by atoms with Crippen molar-refractivity contribution in [2.75, 3.05) is 18.4 Å². The Morgan fingerprint density at radius 3 is 1.69 bits per heavy atom. The Morgan fingerprint density at radius 1 is 0.704 bits per heavy atom. The summed E-state index contributed by atoms with van der Waals surface area (Å²) in [5.41, 5.74) is -17.0. The molecule has 1 N–H and O–H groups in total. The van der Waals surface area contributed by atoms with Crippen molar-refractivity contribution in [2.45, 2.75) is 61.0 Å². The molecule has 1 aliphatic heterocycles. The van der Waals surface area contributed by atoms with E-state index in [0.717, 1.165) is 23.5 Å². The Morgan fingerprint density at radius 2 is 1.20 bits per heavy atom. The van der Waals surface area contributed by atoms with Crippen molar-refractivity contribution in [1.82, 2.24) is 9.88 Å². The highest BCUT2D eigenvalue weighted by Crippen LogP contribution is 2.72. The molecule has 0 aliphatic carbocycles. The molecule has 1 aliphatic rings. The predicted molar refractivity (Wildman–Crippen MR) is 151 cm³/mol. The first-order chi connectivity index (χ1) is 24.5. The van der Waals surface area contributed by atoms with Crippen molar-refractivity contribution >= 4 is 28.8 Å². The molecule has 3 aromatic rings. The summed E-state index contributed by atoms with van der Waals surface area (Å²) in [7, 11) is 0. The quantitative estimate of drug-likeness (QED) is 0.230. The van der Waals surface area contributed by atoms with Crippen molar-refractivity contribution in [3.05, 3.63) is 70.4 Å². The number of likely N-dealkylation sites (tertiary alicyclic amines) is 1. The van der Waals surface area contributed by atoms with Gasteiger partial charge in [0.1, 0.15) is 11.5 Å². The number of hydrogen-bond donors (Lipinski definition) is 1. The summed E-state index contributed by atoms with van der Waals surface area (Å²) >= 11 is 0.740. The molecule has 54 heavy (non-hydrogen) atoms. The fraction of sp³-hybridized carbons (Fsp3) is 0.433. The Hall–Kier alpha value is -4.25. The van der Waals surface area contributed by atoms with E-state index in [9.17, 15) is 75.4 Å². The number of para-hydroxylation sites is 1. The Labute approximate surface area is 293 Å². The zero-order chi connectivity index (χ0) is 41.1. The predicted octanol–water partition coefficient (Wildman–Crippen LogP) is 10.1. The average Bonchev–Trinajstić information content (AvgIpc) is 3.53. The highest BCUT2D eigenvalue weighted by Gasteiger charge is 3.02. The lowest BCUT2D eigenvalue weighted by atomic mass is 9.68. The van der Waals surface area contributed by atoms with Crippen molar-refractivity contribution in [1.29, 1.82) is 0 Å². The van der Waals surface area contributed by atoms with Gasteiger partial charge in [-0.3, -0.25) is 9.59 Å². The Bertz CT molecular complexity index is 1810. The maximum atomic E-state index is 15.2. The maximum Gasteiger partial charge on any atom is 0.435 e. The van der Waals surface area contributed by atoms with Gasteiger partial charge >= 0.3 is 47.6 Å². The van der Waals surface area contributed by atoms with Crippen LogP contribution >= 0.6 is 11.3 Å². The number of nitrogens with zero attached hydrogens (tertiary/aromatic N) is 2. The molecule has 4 rings (SSSR count). The molecule has 1 fully saturated rings. The van der Waals surface area contributed by atoms with Crippen molar-refractivity contribution < 1.29 is 88.6 Å². The molecule has 1 atom stereocenters. The van der Waals surface area contributed by atoms with Crippen LogP contribution in [0.4, 0.5) is 84.7 Å². The van der Waals surface area contributed by atoms with Gasteiger partial charge in [-0.15, -0.1) is 11.3 Å². The zero-order valence-electron chi connectivity index (χ0n) is 26.0. The SMILES string of the molecule is O=C(Nc1ccccc1-c1ccc(F)cc1)c1csc(C2CCN(C(=O)C(F)(F)C(F)(C(F)(F)F)C(F)(F)C(C(F)(F)F)(C(F)(F)F)C(F)(F)F)CC2)n1. The number of halogens is 18. The fourth-order valence-electron chi connectivity index (χ4n) is 5.74. The van der Waals surface area contributed by atoms with E-state index in [1.807, 2.05) is 0 Å². The van der Waals surface area contributed by atoms with E-state index in [1.165, 1.54) is 29.6 Å². The van der Waals surface area contributed by atoms with Crippen molar-refractivity contribution in [3.63, 3.8) is 0 Å². The van der Waals surface area contributed by atoms with Crippen molar-refractivity contribution in [3.8, 4) is 11.1 Å². The number of amides is 2. The van der Waals surface area contributed by atoms with E-state index in [4.69, 9.17) is 0 Å². The molecule has 1 saturated heterocycles. The van der Waals surface area contributed by atoms with Crippen LogP contribution in [0, 0.1) is 11.2 Å². The number of benzene rings is 2. The second-order valence-electron chi connectivity index (χ2n) is 11.7. The van der Waals surface area contributed by atoms with Crippen LogP contribution < -0.4 is 5.32 Å². The van der Waals surface area contributed by atoms with Gasteiger partial charge in [0.05, 0.1) is 5.01 Å². The first kappa shape index (κ1) is 42.5. The van der Waals surface area contributed by atoms with Crippen LogP contribution in [0.2, 0.25) is 0 Å². The van der Waals surface area contributed by atoms with Crippen LogP contribution in [-0.4, -0.2) is 77.0 Å². The van der Waals surface area contributed by atoms with Crippen LogP contribution in [0.5, 0.6) is 0 Å². The average molecular weight is 828 g/mol. The summed E-state index contributed by atoms with van der Waals surface area (Å²) in [5, 5.41) is 3.72. The molecule has 1 aromatic heterocycles. The number of nitrogens with one attached hydrogen (secondary N) is 1. The normalized spacial score (nSPS) is 17.0. The fourth-order valence-corrected chi connectivity index (χ4v) is 6.71. The molecule has 2 aromatic carbocycles. The monoisotopic (exact) mass is 827 g/mol. The molecular formula is C30H19F18N3O2S. The molecule has 24 heteroatoms. The molecule has 0 saturated carbocycles. The third-order valence-corrected chi connectivity index (χ3v) is 9.49. The highest BCUT2D eigenvalue weighted by atomic mass is 32.1. The number of piperidine rings is 1. The number of carbonyl (C=O) groups excluding carboxylic acids is 2. The lowest BCUT2D eigenvalue weighted by Crippen LogP contribution is -2.81. The number of rotatable bonds is 8. The summed E-state index contributed by atoms with van der Waals surface area (Å²) in [6, 6.07) is 11.3. The molecule has 0 radical (unpaired) electrons. The van der Waals surface area contributed by atoms with E-state index in [-0.39, 0.29) is 16.4 Å². The van der Waals surface area contributed by atoms with Gasteiger partial charge in [-0.2, -0.15) is 61.5 Å². The number of aromatic nitrogens is 1. The molecule has 1 unspecified atom stereocenters. The maximum absolute atomic E-state index is 15.2. The molecule has 2 amide bonds. The van der Waals surface area contributed by atoms with Crippen molar-refractivity contribution in [2.24, 2.45) is 5.41 Å². The van der Waals surface area contributed by atoms with Crippen LogP contribution in [0.3, 0.4) is 0 Å². The van der Waals surface area contributed by atoms with E-state index in [0.29, 0.717) is 11.1 Å². The number of carbonyl (C=O) groups is 2. The minimum absolute atomic E-state index is 0.00203. The smallest absolute Gasteiger partial charge is 0.337 e. The first-order valence-electron chi connectivity index (χ1n) is 14.6. The van der Waals surface area contributed by atoms with E-state index in [1.54, 1.807) is 12.1 Å². The Balaban J connectivity index is 1.58. The summed E-state index contributed by atoms with van der Waals surface area (Å²) in [6.07, 6.45) is -35.7. The lowest BCUT2D eigenvalue weighted by Gasteiger charge is -2.50. The standard InChI is InChI=1S/C30H19F18N3O2S/c31-16-7-5-14(6-8-16)17-3-1-2-4-18(17)49-20(52)19-13-54-21(50-19)15-9-11-51(12-10-15)22(53)23(32,33)25(34,30(46,47)48)26(35,36)24(27(37,38)39,28(40,41)42)29(43,44)45/h1-8,13,15H,9-12H2,(H,49,52). The topological polar surface area (TPSA) is 62.3 Å². The minimum Gasteiger partial charge on any atom is -0.337 e. The number of hydrogen-bond acceptors (Lipinski definition) is 4. The molecule has 5 nitrogen and oxygen atoms in total. The van der Waals surface area contributed by atoms with Gasteiger partial charge in [0.15, 0.2) is 0 Å². The second-order valence-corrected chi connectivity index (χ2v) is 12.6. The third-order valence-electron chi connectivity index (χ3n) is 8.49. The zero-order valence-corrected chi connectivity index (χ0v) is 26.8. The largest absolute Gasteiger partial charge is 0.435 e. The number of anilines is 1. The van der Waals surface area contributed by atoms with E-state index < -0.39 is 102 Å². The second kappa shape index (κ2) is 13.8. The third kappa shape index (κ3) is 6.71. The van der Waals surface area contributed by atoms with Crippen LogP contribution in [0.25, 0.3) is 11.1 Å². The van der Waals surface area contributed by atoms with Gasteiger partial charge in [-0.25, -0.2) is 22.5 Å². The Kier molecular flexibility index (Phi) is 10.9. The van der Waals surface area contributed by atoms with Gasteiger partial charge < -0.3 is 10.2 Å². The number of alkyl halides is 17. The number of thiazole rings is 1. The van der Waals surface area contributed by atoms with Gasteiger partial charge in [0.2, 0.25) is 0 Å². The van der Waals surface area contributed by atoms with Crippen LogP contribution in [0.15, 0.2) is 53.9 Å². The minimum atomic E-state index is -9.22. The molecule has 0 bridgehead atoms. The summed E-state index contributed by atoms with van der Waals surface area (Å²) < 4.78 is 250. The van der Waals surface area contributed by atoms with E-state index in [2.05, 4.69) is 10.3 Å². The summed E-state index contributed by atoms with van der Waals surface area (Å²) in [5.74, 6) is -23.1. The highest BCUT2D eigenvalue weighted by molar-refractivity contribution is 7.10. The molecular weight excluding hydrogens is 808 g/mol. The van der Waals surface area contributed by atoms with E-state index >= 15 is 13.2 Å². The first-order valence-corrected chi connectivity index (χ1v) is 15.5. The molecule has 0 spiro atoms. The van der Waals surface area contributed by atoms with Crippen LogP contribution in [0.1, 0.15) is 34.3 Å². The van der Waals surface area contributed by atoms with Gasteiger partial charge in [-0.05, 0) is 36.6 Å². The molecule has 298 valence electrons. The van der Waals surface area contributed by atoms with Gasteiger partial charge in [0, 0.05) is 35.6 Å². The summed E-state index contributed by atoms with van der Waals surface area (Å²) in [6.45, 7) is -2.54. The molecule has 2 heterocycles. The van der Waals surface area contributed by atoms with Gasteiger partial charge in [0.25, 0.3) is 11.8 Å².